The van der Waals surface area contributed by atoms with Crippen LogP contribution in [0.4, 0.5) is 0 Å². The van der Waals surface area contributed by atoms with Gasteiger partial charge in [0.1, 0.15) is 0 Å². The molecule has 8 heteroatoms. The lowest BCUT2D eigenvalue weighted by Crippen LogP contribution is -2.43. The Kier molecular flexibility index (Phi) is 8.14. The predicted octanol–water partition coefficient (Wildman–Crippen LogP) is 1.34. The van der Waals surface area contributed by atoms with Gasteiger partial charge in [-0.1, -0.05) is 6.92 Å². The highest BCUT2D eigenvalue weighted by Crippen LogP contribution is 2.51. The molecule has 0 aliphatic heterocycles. The van der Waals surface area contributed by atoms with Crippen LogP contribution >= 0.6 is 7.37 Å². The summed E-state index contributed by atoms with van der Waals surface area (Å²) in [7, 11) is 0.0719. The Bertz CT molecular complexity index is 415. The van der Waals surface area contributed by atoms with Crippen LogP contribution in [0.2, 0.25) is 0 Å². The van der Waals surface area contributed by atoms with Gasteiger partial charge in [-0.25, -0.2) is 0 Å². The summed E-state index contributed by atoms with van der Waals surface area (Å²) in [6, 6.07) is -0.499. The summed E-state index contributed by atoms with van der Waals surface area (Å²) < 4.78 is 17.7. The molecule has 124 valence electrons. The Balaban J connectivity index is 4.72. The molecule has 21 heavy (non-hydrogen) atoms. The van der Waals surface area contributed by atoms with Crippen LogP contribution in [0.3, 0.4) is 0 Å². The smallest absolute Gasteiger partial charge is 0.308 e. The number of nitrogens with one attached hydrogen (secondary N) is 2. The average molecular weight is 322 g/mol. The molecule has 7 nitrogen and oxygen atoms in total. The molecule has 3 N–H and O–H groups in total. The first kappa shape index (κ1) is 20.1. The first-order valence-electron chi connectivity index (χ1n) is 6.94. The molecule has 0 saturated carbocycles. The van der Waals surface area contributed by atoms with Gasteiger partial charge in [-0.05, 0) is 27.8 Å². The third-order valence-electron chi connectivity index (χ3n) is 3.80. The van der Waals surface area contributed by atoms with Gasteiger partial charge < -0.3 is 20.3 Å². The number of rotatable bonds is 9. The van der Waals surface area contributed by atoms with Crippen LogP contribution in [0.15, 0.2) is 0 Å². The summed E-state index contributed by atoms with van der Waals surface area (Å²) in [6.45, 7) is 6.56. The molecule has 5 atom stereocenters. The third kappa shape index (κ3) is 5.77. The van der Waals surface area contributed by atoms with E-state index in [0.29, 0.717) is 0 Å². The number of carbonyl (C=O) groups is 2. The van der Waals surface area contributed by atoms with Crippen molar-refractivity contribution in [3.8, 4) is 0 Å². The van der Waals surface area contributed by atoms with E-state index in [9.17, 15) is 14.2 Å². The molecule has 0 saturated heterocycles. The summed E-state index contributed by atoms with van der Waals surface area (Å²) in [5, 5.41) is 14.4. The molecule has 0 aromatic heterocycles. The summed E-state index contributed by atoms with van der Waals surface area (Å²) in [4.78, 5) is 23.0. The summed E-state index contributed by atoms with van der Waals surface area (Å²) >= 11 is 0. The van der Waals surface area contributed by atoms with E-state index in [1.165, 1.54) is 14.0 Å². The van der Waals surface area contributed by atoms with Crippen molar-refractivity contribution in [3.05, 3.63) is 0 Å². The van der Waals surface area contributed by atoms with Crippen LogP contribution in [0, 0.1) is 11.8 Å². The Labute approximate surface area is 126 Å². The minimum absolute atomic E-state index is 0.103. The van der Waals surface area contributed by atoms with Crippen molar-refractivity contribution in [3.63, 3.8) is 0 Å². The maximum atomic E-state index is 12.6. The van der Waals surface area contributed by atoms with Gasteiger partial charge in [-0.2, -0.15) is 0 Å². The molecule has 1 amide bonds. The minimum atomic E-state index is -2.98. The quantitative estimate of drug-likeness (QED) is 0.553. The molecule has 0 fully saturated rings. The molecule has 0 aromatic rings. The first-order chi connectivity index (χ1) is 9.58. The lowest BCUT2D eigenvalue weighted by atomic mass is 10.0. The molecule has 5 unspecified atom stereocenters. The van der Waals surface area contributed by atoms with E-state index in [-0.39, 0.29) is 17.9 Å². The molecule has 0 rings (SSSR count). The molecule has 0 aliphatic rings. The Morgan fingerprint density at radius 2 is 1.76 bits per heavy atom. The standard InChI is InChI=1S/C13H27N2O5P/c1-8(7-21(19,20-6)11(4)14-5)12(16)15-10(3)9(2)13(17)18/h8-11,14H,7H2,1-6H3,(H,15,16)(H,17,18). The van der Waals surface area contributed by atoms with Crippen LogP contribution in [0.25, 0.3) is 0 Å². The van der Waals surface area contributed by atoms with Crippen LogP contribution < -0.4 is 10.6 Å². The molecule has 0 aromatic carbocycles. The number of hydrogen-bond donors (Lipinski definition) is 3. The van der Waals surface area contributed by atoms with Gasteiger partial charge in [0.15, 0.2) is 0 Å². The van der Waals surface area contributed by atoms with Gasteiger partial charge in [0.05, 0.1) is 11.7 Å². The highest BCUT2D eigenvalue weighted by Gasteiger charge is 2.33. The Morgan fingerprint density at radius 3 is 2.14 bits per heavy atom. The van der Waals surface area contributed by atoms with Crippen molar-refractivity contribution in [2.75, 3.05) is 20.3 Å². The van der Waals surface area contributed by atoms with E-state index in [4.69, 9.17) is 9.63 Å². The number of amides is 1. The third-order valence-corrected chi connectivity index (χ3v) is 6.92. The zero-order valence-corrected chi connectivity index (χ0v) is 14.4. The molecule has 0 spiro atoms. The van der Waals surface area contributed by atoms with E-state index in [1.54, 1.807) is 27.8 Å². The zero-order chi connectivity index (χ0) is 16.8. The van der Waals surface area contributed by atoms with E-state index in [1.807, 2.05) is 0 Å². The number of carboxylic acids is 1. The SMILES string of the molecule is CNC(C)P(=O)(CC(C)C(=O)NC(C)C(C)C(=O)O)OC. The highest BCUT2D eigenvalue weighted by molar-refractivity contribution is 7.59. The molecular weight excluding hydrogens is 295 g/mol. The topological polar surface area (TPSA) is 105 Å². The normalized spacial score (nSPS) is 19.9. The fourth-order valence-electron chi connectivity index (χ4n) is 1.76. The van der Waals surface area contributed by atoms with Gasteiger partial charge in [-0.15, -0.1) is 0 Å². The van der Waals surface area contributed by atoms with Crippen LogP contribution in [0.5, 0.6) is 0 Å². The van der Waals surface area contributed by atoms with Gasteiger partial charge in [0.25, 0.3) is 0 Å². The van der Waals surface area contributed by atoms with Crippen LogP contribution in [-0.4, -0.2) is 49.1 Å². The Morgan fingerprint density at radius 1 is 1.24 bits per heavy atom. The molecule has 0 heterocycles. The van der Waals surface area contributed by atoms with Gasteiger partial charge in [0, 0.05) is 25.2 Å². The minimum Gasteiger partial charge on any atom is -0.481 e. The second-order valence-electron chi connectivity index (χ2n) is 5.38. The first-order valence-corrected chi connectivity index (χ1v) is 8.81. The second-order valence-corrected chi connectivity index (χ2v) is 8.34. The fraction of sp³-hybridized carbons (Fsp3) is 0.846. The number of carboxylic acid groups (broad SMARTS) is 1. The van der Waals surface area contributed by atoms with Gasteiger partial charge >= 0.3 is 5.97 Å². The van der Waals surface area contributed by atoms with Crippen molar-refractivity contribution in [2.45, 2.75) is 39.5 Å². The summed E-state index contributed by atoms with van der Waals surface area (Å²) in [5.41, 5.74) is 0. The van der Waals surface area contributed by atoms with Crippen LogP contribution in [0.1, 0.15) is 27.7 Å². The van der Waals surface area contributed by atoms with E-state index in [2.05, 4.69) is 10.6 Å². The van der Waals surface area contributed by atoms with E-state index < -0.39 is 31.2 Å². The average Bonchev–Trinajstić information content (AvgIpc) is 2.44. The summed E-state index contributed by atoms with van der Waals surface area (Å²) in [6.07, 6.45) is 0.103. The molecule has 0 aliphatic carbocycles. The zero-order valence-electron chi connectivity index (χ0n) is 13.5. The van der Waals surface area contributed by atoms with Crippen molar-refractivity contribution in [2.24, 2.45) is 11.8 Å². The maximum absolute atomic E-state index is 12.6. The molecular formula is C13H27N2O5P. The van der Waals surface area contributed by atoms with E-state index in [0.717, 1.165) is 0 Å². The molecule has 0 radical (unpaired) electrons. The maximum Gasteiger partial charge on any atom is 0.308 e. The second kappa shape index (κ2) is 8.51. The lowest BCUT2D eigenvalue weighted by molar-refractivity contribution is -0.142. The van der Waals surface area contributed by atoms with Crippen LogP contribution in [-0.2, 0) is 18.7 Å². The van der Waals surface area contributed by atoms with Crippen molar-refractivity contribution < 1.29 is 23.8 Å². The van der Waals surface area contributed by atoms with Gasteiger partial charge in [-0.3, -0.25) is 14.2 Å². The van der Waals surface area contributed by atoms with Crippen molar-refractivity contribution >= 4 is 19.2 Å². The number of carbonyl (C=O) groups excluding carboxylic acids is 1. The largest absolute Gasteiger partial charge is 0.481 e. The van der Waals surface area contributed by atoms with Crippen molar-refractivity contribution in [1.82, 2.24) is 10.6 Å². The monoisotopic (exact) mass is 322 g/mol. The Hall–Kier alpha value is -0.910. The van der Waals surface area contributed by atoms with E-state index >= 15 is 0 Å². The van der Waals surface area contributed by atoms with Crippen molar-refractivity contribution in [1.29, 1.82) is 0 Å². The number of hydrogen-bond acceptors (Lipinski definition) is 5. The fourth-order valence-corrected chi connectivity index (χ4v) is 3.86. The molecule has 0 bridgehead atoms. The summed E-state index contributed by atoms with van der Waals surface area (Å²) in [5.74, 6) is -2.87. The lowest BCUT2D eigenvalue weighted by Gasteiger charge is -2.26. The predicted molar refractivity (Wildman–Crippen MR) is 81.6 cm³/mol. The van der Waals surface area contributed by atoms with Gasteiger partial charge in [0.2, 0.25) is 13.3 Å². The number of aliphatic carboxylic acids is 1. The highest BCUT2D eigenvalue weighted by atomic mass is 31.2.